The molecule has 9 heteroatoms. The van der Waals surface area contributed by atoms with Gasteiger partial charge in [0.05, 0.1) is 12.0 Å². The minimum Gasteiger partial charge on any atom is -0.504 e. The molecule has 0 spiro atoms. The quantitative estimate of drug-likeness (QED) is 0.238. The Morgan fingerprint density at radius 3 is 2.62 bits per heavy atom. The van der Waals surface area contributed by atoms with Gasteiger partial charge >= 0.3 is 0 Å². The normalized spacial score (nSPS) is 11.1. The van der Waals surface area contributed by atoms with Gasteiger partial charge in [-0.25, -0.2) is 5.43 Å². The highest BCUT2D eigenvalue weighted by atomic mass is 32.2. The first kappa shape index (κ1) is 20.4. The lowest BCUT2D eigenvalue weighted by Crippen LogP contribution is -2.20. The second-order valence-corrected chi connectivity index (χ2v) is 7.19. The van der Waals surface area contributed by atoms with E-state index in [9.17, 15) is 15.0 Å². The molecule has 0 radical (unpaired) electrons. The van der Waals surface area contributed by atoms with Crippen LogP contribution in [0.25, 0.3) is 11.4 Å². The maximum atomic E-state index is 12.0. The van der Waals surface area contributed by atoms with Crippen molar-refractivity contribution in [2.75, 3.05) is 5.75 Å². The van der Waals surface area contributed by atoms with Crippen LogP contribution in [0.2, 0.25) is 0 Å². The van der Waals surface area contributed by atoms with E-state index in [2.05, 4.69) is 20.7 Å². The molecule has 3 rings (SSSR count). The van der Waals surface area contributed by atoms with Crippen molar-refractivity contribution in [3.05, 3.63) is 53.6 Å². The summed E-state index contributed by atoms with van der Waals surface area (Å²) < 4.78 is 1.96. The first-order valence-electron chi connectivity index (χ1n) is 8.95. The van der Waals surface area contributed by atoms with E-state index < -0.39 is 0 Å². The second kappa shape index (κ2) is 9.24. The van der Waals surface area contributed by atoms with Crippen molar-refractivity contribution < 1.29 is 15.0 Å². The van der Waals surface area contributed by atoms with Crippen LogP contribution in [-0.4, -0.2) is 42.9 Å². The number of benzene rings is 2. The van der Waals surface area contributed by atoms with Crippen molar-refractivity contribution >= 4 is 23.9 Å². The van der Waals surface area contributed by atoms with E-state index in [0.717, 1.165) is 11.4 Å². The summed E-state index contributed by atoms with van der Waals surface area (Å²) in [4.78, 5) is 12.0. The number of aromatic hydroxyl groups is 2. The molecular formula is C20H21N5O3S. The number of nitrogens with zero attached hydrogens (tertiary/aromatic N) is 4. The minimum atomic E-state index is -0.295. The van der Waals surface area contributed by atoms with Gasteiger partial charge in [0.15, 0.2) is 22.5 Å². The zero-order chi connectivity index (χ0) is 20.8. The molecule has 1 aromatic heterocycles. The number of nitrogens with one attached hydrogen (secondary N) is 1. The first-order valence-corrected chi connectivity index (χ1v) is 9.93. The van der Waals surface area contributed by atoms with Gasteiger partial charge in [-0.05, 0) is 37.6 Å². The Kier molecular flexibility index (Phi) is 6.50. The summed E-state index contributed by atoms with van der Waals surface area (Å²) in [6.45, 7) is 4.71. The third-order valence-electron chi connectivity index (χ3n) is 4.08. The Bertz CT molecular complexity index is 1030. The number of hydrazone groups is 1. The Hall–Kier alpha value is -3.33. The lowest BCUT2D eigenvalue weighted by atomic mass is 10.1. The van der Waals surface area contributed by atoms with Gasteiger partial charge in [0.1, 0.15) is 0 Å². The molecule has 0 unspecified atom stereocenters. The molecule has 0 bridgehead atoms. The molecule has 0 aliphatic rings. The summed E-state index contributed by atoms with van der Waals surface area (Å²) in [5.74, 6) is 0.133. The van der Waals surface area contributed by atoms with E-state index in [-0.39, 0.29) is 23.2 Å². The van der Waals surface area contributed by atoms with Crippen LogP contribution < -0.4 is 5.43 Å². The van der Waals surface area contributed by atoms with Crippen LogP contribution in [0.4, 0.5) is 0 Å². The second-order valence-electron chi connectivity index (χ2n) is 6.25. The van der Waals surface area contributed by atoms with Gasteiger partial charge in [0.25, 0.3) is 5.91 Å². The summed E-state index contributed by atoms with van der Waals surface area (Å²) in [7, 11) is 0. The molecule has 1 amide bonds. The topological polar surface area (TPSA) is 113 Å². The molecule has 0 aliphatic carbocycles. The zero-order valence-electron chi connectivity index (χ0n) is 16.0. The fourth-order valence-electron chi connectivity index (χ4n) is 2.56. The standard InChI is InChI=1S/C20H21N5O3S/c1-3-25-19(15-7-4-13(2)5-8-15)23-24-20(25)29-12-18(28)22-21-11-14-6-9-16(26)17(27)10-14/h4-11,26-27H,3,12H2,1-2H3,(H,22,28)/b21-11-. The van der Waals surface area contributed by atoms with Gasteiger partial charge < -0.3 is 14.8 Å². The number of aryl methyl sites for hydroxylation is 1. The van der Waals surface area contributed by atoms with E-state index in [1.54, 1.807) is 6.07 Å². The number of carbonyl (C=O) groups is 1. The summed E-state index contributed by atoms with van der Waals surface area (Å²) in [5, 5.41) is 31.7. The predicted molar refractivity (Wildman–Crippen MR) is 112 cm³/mol. The van der Waals surface area contributed by atoms with E-state index in [4.69, 9.17) is 0 Å². The van der Waals surface area contributed by atoms with Gasteiger partial charge in [-0.3, -0.25) is 4.79 Å². The summed E-state index contributed by atoms with van der Waals surface area (Å²) >= 11 is 1.28. The largest absolute Gasteiger partial charge is 0.504 e. The smallest absolute Gasteiger partial charge is 0.250 e. The van der Waals surface area contributed by atoms with Gasteiger partial charge in [-0.2, -0.15) is 5.10 Å². The molecule has 0 aliphatic heterocycles. The lowest BCUT2D eigenvalue weighted by Gasteiger charge is -2.07. The average molecular weight is 411 g/mol. The molecule has 2 aromatic carbocycles. The fraction of sp³-hybridized carbons (Fsp3) is 0.200. The molecule has 29 heavy (non-hydrogen) atoms. The number of hydrogen-bond acceptors (Lipinski definition) is 7. The molecule has 3 aromatic rings. The number of amides is 1. The SMILES string of the molecule is CCn1c(SCC(=O)N/N=C\c2ccc(O)c(O)c2)nnc1-c1ccc(C)cc1. The lowest BCUT2D eigenvalue weighted by molar-refractivity contribution is -0.118. The van der Waals surface area contributed by atoms with Crippen LogP contribution >= 0.6 is 11.8 Å². The Balaban J connectivity index is 1.59. The molecule has 0 fully saturated rings. The van der Waals surface area contributed by atoms with Crippen molar-refractivity contribution in [3.63, 3.8) is 0 Å². The van der Waals surface area contributed by atoms with E-state index >= 15 is 0 Å². The van der Waals surface area contributed by atoms with Crippen molar-refractivity contribution in [2.45, 2.75) is 25.5 Å². The Morgan fingerprint density at radius 1 is 1.17 bits per heavy atom. The van der Waals surface area contributed by atoms with Crippen molar-refractivity contribution in [3.8, 4) is 22.9 Å². The third-order valence-corrected chi connectivity index (χ3v) is 5.04. The van der Waals surface area contributed by atoms with Crippen molar-refractivity contribution in [2.24, 2.45) is 5.10 Å². The molecule has 1 heterocycles. The molecule has 0 atom stereocenters. The third kappa shape index (κ3) is 5.14. The van der Waals surface area contributed by atoms with Gasteiger partial charge in [0.2, 0.25) is 0 Å². The Morgan fingerprint density at radius 2 is 1.93 bits per heavy atom. The van der Waals surface area contributed by atoms with Crippen LogP contribution in [0, 0.1) is 6.92 Å². The van der Waals surface area contributed by atoms with Gasteiger partial charge in [-0.1, -0.05) is 41.6 Å². The number of hydrogen-bond donors (Lipinski definition) is 3. The van der Waals surface area contributed by atoms with Crippen LogP contribution in [0.1, 0.15) is 18.1 Å². The highest BCUT2D eigenvalue weighted by molar-refractivity contribution is 7.99. The fourth-order valence-corrected chi connectivity index (χ4v) is 3.35. The number of carbonyl (C=O) groups excluding carboxylic acids is 1. The summed E-state index contributed by atoms with van der Waals surface area (Å²) in [5.41, 5.74) is 5.12. The maximum absolute atomic E-state index is 12.0. The van der Waals surface area contributed by atoms with Crippen LogP contribution in [0.3, 0.4) is 0 Å². The highest BCUT2D eigenvalue weighted by Crippen LogP contribution is 2.25. The molecule has 0 saturated carbocycles. The number of phenolic OH excluding ortho intramolecular Hbond substituents is 2. The monoisotopic (exact) mass is 411 g/mol. The maximum Gasteiger partial charge on any atom is 0.250 e. The van der Waals surface area contributed by atoms with E-state index in [0.29, 0.717) is 17.3 Å². The molecule has 0 saturated heterocycles. The zero-order valence-corrected chi connectivity index (χ0v) is 16.8. The number of aromatic nitrogens is 3. The molecule has 8 nitrogen and oxygen atoms in total. The van der Waals surface area contributed by atoms with E-state index in [1.165, 1.54) is 35.7 Å². The predicted octanol–water partition coefficient (Wildman–Crippen LogP) is 2.93. The van der Waals surface area contributed by atoms with Crippen LogP contribution in [0.15, 0.2) is 52.7 Å². The average Bonchev–Trinajstić information content (AvgIpc) is 3.12. The first-order chi connectivity index (χ1) is 14.0. The van der Waals surface area contributed by atoms with E-state index in [1.807, 2.05) is 42.7 Å². The number of rotatable bonds is 7. The van der Waals surface area contributed by atoms with Crippen molar-refractivity contribution in [1.82, 2.24) is 20.2 Å². The molecule has 3 N–H and O–H groups in total. The van der Waals surface area contributed by atoms with Gasteiger partial charge in [0, 0.05) is 12.1 Å². The Labute approximate surface area is 172 Å². The highest BCUT2D eigenvalue weighted by Gasteiger charge is 2.14. The molecular weight excluding hydrogens is 390 g/mol. The van der Waals surface area contributed by atoms with Crippen molar-refractivity contribution in [1.29, 1.82) is 0 Å². The number of phenols is 2. The molecule has 150 valence electrons. The summed E-state index contributed by atoms with van der Waals surface area (Å²) in [6, 6.07) is 12.3. The van der Waals surface area contributed by atoms with Gasteiger partial charge in [-0.15, -0.1) is 10.2 Å². The summed E-state index contributed by atoms with van der Waals surface area (Å²) in [6.07, 6.45) is 1.38. The number of thioether (sulfide) groups is 1. The van der Waals surface area contributed by atoms with Crippen LogP contribution in [0.5, 0.6) is 11.5 Å². The van der Waals surface area contributed by atoms with Crippen LogP contribution in [-0.2, 0) is 11.3 Å². The minimum absolute atomic E-state index is 0.129.